The molecule has 0 bridgehead atoms. The van der Waals surface area contributed by atoms with Crippen molar-refractivity contribution in [3.63, 3.8) is 0 Å². The molecule has 1 aromatic heterocycles. The van der Waals surface area contributed by atoms with Gasteiger partial charge < -0.3 is 9.88 Å². The van der Waals surface area contributed by atoms with Crippen LogP contribution in [0.4, 0.5) is 10.1 Å². The molecular formula is C21H16BrFN2O2. The maximum Gasteiger partial charge on any atom is 0.233 e. The van der Waals surface area contributed by atoms with Crippen molar-refractivity contribution < 1.29 is 14.0 Å². The fourth-order valence-corrected chi connectivity index (χ4v) is 3.91. The number of carbonyl (C=O) groups excluding carboxylic acids is 2. The van der Waals surface area contributed by atoms with E-state index in [1.165, 1.54) is 18.2 Å². The Kier molecular flexibility index (Phi) is 4.66. The van der Waals surface area contributed by atoms with Gasteiger partial charge in [-0.2, -0.15) is 0 Å². The molecule has 2 aromatic carbocycles. The maximum absolute atomic E-state index is 13.2. The average Bonchev–Trinajstić information content (AvgIpc) is 3.26. The van der Waals surface area contributed by atoms with E-state index in [9.17, 15) is 14.0 Å². The second-order valence-corrected chi connectivity index (χ2v) is 7.30. The molecule has 0 unspecified atom stereocenters. The highest BCUT2D eigenvalue weighted by Crippen LogP contribution is 2.33. The summed E-state index contributed by atoms with van der Waals surface area (Å²) >= 11 is 3.26. The molecule has 0 saturated heterocycles. The van der Waals surface area contributed by atoms with E-state index in [-0.39, 0.29) is 23.4 Å². The van der Waals surface area contributed by atoms with Gasteiger partial charge in [0.1, 0.15) is 5.82 Å². The van der Waals surface area contributed by atoms with Gasteiger partial charge in [-0.1, -0.05) is 30.3 Å². The number of ketones is 1. The van der Waals surface area contributed by atoms with Gasteiger partial charge in [0, 0.05) is 22.3 Å². The van der Waals surface area contributed by atoms with Crippen molar-refractivity contribution in [1.29, 1.82) is 0 Å². The standard InChI is InChI=1S/C21H16BrFN2O2/c22-16-12-14(23)6-7-17(16)24-21(27)15-10-11-25-18(15)8-9-19(25)20(26)13-4-2-1-3-5-13/h1-9,12,15H,10-11H2,(H,24,27)/t15-/m0/s1. The molecule has 1 aliphatic rings. The Morgan fingerprint density at radius 2 is 1.85 bits per heavy atom. The zero-order chi connectivity index (χ0) is 19.0. The molecule has 1 amide bonds. The fraction of sp³-hybridized carbons (Fsp3) is 0.143. The predicted molar refractivity (Wildman–Crippen MR) is 104 cm³/mol. The topological polar surface area (TPSA) is 51.1 Å². The molecule has 27 heavy (non-hydrogen) atoms. The molecule has 0 aliphatic carbocycles. The van der Waals surface area contributed by atoms with Crippen molar-refractivity contribution in [3.05, 3.63) is 87.9 Å². The summed E-state index contributed by atoms with van der Waals surface area (Å²) < 4.78 is 15.6. The summed E-state index contributed by atoms with van der Waals surface area (Å²) in [7, 11) is 0. The van der Waals surface area contributed by atoms with Gasteiger partial charge in [0.05, 0.1) is 17.3 Å². The molecule has 1 aliphatic heterocycles. The number of carbonyl (C=O) groups is 2. The quantitative estimate of drug-likeness (QED) is 0.612. The van der Waals surface area contributed by atoms with Crippen LogP contribution in [0.15, 0.2) is 65.1 Å². The zero-order valence-corrected chi connectivity index (χ0v) is 15.9. The summed E-state index contributed by atoms with van der Waals surface area (Å²) in [6.07, 6.45) is 0.621. The van der Waals surface area contributed by atoms with Crippen molar-refractivity contribution in [2.45, 2.75) is 18.9 Å². The molecule has 136 valence electrons. The lowest BCUT2D eigenvalue weighted by Crippen LogP contribution is -2.19. The van der Waals surface area contributed by atoms with Gasteiger partial charge in [-0.05, 0) is 52.7 Å². The SMILES string of the molecule is O=C(c1ccccc1)c1ccc2n1CC[C@@H]2C(=O)Nc1ccc(F)cc1Br. The van der Waals surface area contributed by atoms with Crippen molar-refractivity contribution >= 4 is 33.3 Å². The lowest BCUT2D eigenvalue weighted by atomic mass is 10.0. The highest BCUT2D eigenvalue weighted by atomic mass is 79.9. The third kappa shape index (κ3) is 3.32. The predicted octanol–water partition coefficient (Wildman–Crippen LogP) is 4.75. The maximum atomic E-state index is 13.2. The number of nitrogens with zero attached hydrogens (tertiary/aromatic N) is 1. The first-order chi connectivity index (χ1) is 13.0. The highest BCUT2D eigenvalue weighted by Gasteiger charge is 2.32. The molecule has 0 fully saturated rings. The van der Waals surface area contributed by atoms with Crippen LogP contribution in [0.3, 0.4) is 0 Å². The van der Waals surface area contributed by atoms with Crippen molar-refractivity contribution in [2.24, 2.45) is 0 Å². The molecule has 6 heteroatoms. The van der Waals surface area contributed by atoms with E-state index in [2.05, 4.69) is 21.2 Å². The number of aromatic nitrogens is 1. The minimum absolute atomic E-state index is 0.0517. The fourth-order valence-electron chi connectivity index (χ4n) is 3.46. The number of halogens is 2. The lowest BCUT2D eigenvalue weighted by Gasteiger charge is -2.12. The van der Waals surface area contributed by atoms with Crippen LogP contribution in [-0.2, 0) is 11.3 Å². The largest absolute Gasteiger partial charge is 0.341 e. The number of nitrogens with one attached hydrogen (secondary N) is 1. The second kappa shape index (κ2) is 7.12. The monoisotopic (exact) mass is 426 g/mol. The van der Waals surface area contributed by atoms with E-state index in [0.29, 0.717) is 34.4 Å². The molecule has 0 radical (unpaired) electrons. The summed E-state index contributed by atoms with van der Waals surface area (Å²) in [5.41, 5.74) is 2.56. The lowest BCUT2D eigenvalue weighted by molar-refractivity contribution is -0.117. The molecule has 2 heterocycles. The van der Waals surface area contributed by atoms with Crippen molar-refractivity contribution in [1.82, 2.24) is 4.57 Å². The summed E-state index contributed by atoms with van der Waals surface area (Å²) in [5, 5.41) is 2.84. The molecule has 3 aromatic rings. The number of rotatable bonds is 4. The average molecular weight is 427 g/mol. The molecule has 1 atom stereocenters. The van der Waals surface area contributed by atoms with Crippen molar-refractivity contribution in [2.75, 3.05) is 5.32 Å². The number of benzene rings is 2. The minimum atomic E-state index is -0.376. The molecular weight excluding hydrogens is 411 g/mol. The van der Waals surface area contributed by atoms with Gasteiger partial charge in [0.15, 0.2) is 0 Å². The van der Waals surface area contributed by atoms with E-state index in [1.54, 1.807) is 18.2 Å². The Morgan fingerprint density at radius 3 is 2.59 bits per heavy atom. The molecule has 4 nitrogen and oxygen atoms in total. The number of hydrogen-bond acceptors (Lipinski definition) is 2. The summed E-state index contributed by atoms with van der Waals surface area (Å²) in [6, 6.07) is 16.8. The number of anilines is 1. The molecule has 4 rings (SSSR count). The normalized spacial score (nSPS) is 15.4. The summed E-state index contributed by atoms with van der Waals surface area (Å²) in [6.45, 7) is 0.610. The first-order valence-corrected chi connectivity index (χ1v) is 9.39. The van der Waals surface area contributed by atoms with E-state index in [1.807, 2.05) is 28.8 Å². The van der Waals surface area contributed by atoms with E-state index < -0.39 is 0 Å². The van der Waals surface area contributed by atoms with Crippen LogP contribution in [0.2, 0.25) is 0 Å². The van der Waals surface area contributed by atoms with E-state index in [0.717, 1.165) is 5.69 Å². The Labute approximate surface area is 164 Å². The van der Waals surface area contributed by atoms with E-state index in [4.69, 9.17) is 0 Å². The number of fused-ring (bicyclic) bond motifs is 1. The van der Waals surface area contributed by atoms with Gasteiger partial charge in [-0.15, -0.1) is 0 Å². The highest BCUT2D eigenvalue weighted by molar-refractivity contribution is 9.10. The molecule has 0 saturated carbocycles. The Bertz CT molecular complexity index is 1030. The third-order valence-corrected chi connectivity index (χ3v) is 5.44. The number of hydrogen-bond donors (Lipinski definition) is 1. The Hall–Kier alpha value is -2.73. The Morgan fingerprint density at radius 1 is 1.07 bits per heavy atom. The van der Waals surface area contributed by atoms with Gasteiger partial charge in [-0.25, -0.2) is 4.39 Å². The van der Waals surface area contributed by atoms with Crippen LogP contribution in [0.25, 0.3) is 0 Å². The van der Waals surface area contributed by atoms with Crippen LogP contribution in [-0.4, -0.2) is 16.3 Å². The second-order valence-electron chi connectivity index (χ2n) is 6.44. The van der Waals surface area contributed by atoms with Gasteiger partial charge in [0.25, 0.3) is 0 Å². The van der Waals surface area contributed by atoms with Crippen LogP contribution in [0, 0.1) is 5.82 Å². The van der Waals surface area contributed by atoms with Crippen LogP contribution in [0.5, 0.6) is 0 Å². The smallest absolute Gasteiger partial charge is 0.233 e. The van der Waals surface area contributed by atoms with Crippen LogP contribution >= 0.6 is 15.9 Å². The minimum Gasteiger partial charge on any atom is -0.341 e. The van der Waals surface area contributed by atoms with Crippen molar-refractivity contribution in [3.8, 4) is 0 Å². The first kappa shape index (κ1) is 17.7. The van der Waals surface area contributed by atoms with Gasteiger partial charge in [0.2, 0.25) is 11.7 Å². The Balaban J connectivity index is 1.57. The molecule has 0 spiro atoms. The summed E-state index contributed by atoms with van der Waals surface area (Å²) in [5.74, 6) is -0.944. The zero-order valence-electron chi connectivity index (χ0n) is 14.3. The third-order valence-electron chi connectivity index (χ3n) is 4.79. The molecule has 1 N–H and O–H groups in total. The van der Waals surface area contributed by atoms with Crippen LogP contribution < -0.4 is 5.32 Å². The van der Waals surface area contributed by atoms with E-state index >= 15 is 0 Å². The first-order valence-electron chi connectivity index (χ1n) is 8.59. The van der Waals surface area contributed by atoms with Gasteiger partial charge >= 0.3 is 0 Å². The van der Waals surface area contributed by atoms with Crippen LogP contribution in [0.1, 0.15) is 34.1 Å². The summed E-state index contributed by atoms with van der Waals surface area (Å²) in [4.78, 5) is 25.5. The van der Waals surface area contributed by atoms with Gasteiger partial charge in [-0.3, -0.25) is 9.59 Å². The number of amides is 1.